The van der Waals surface area contributed by atoms with Gasteiger partial charge >= 0.3 is 0 Å². The molecule has 0 bridgehead atoms. The lowest BCUT2D eigenvalue weighted by Gasteiger charge is -2.34. The lowest BCUT2D eigenvalue weighted by molar-refractivity contribution is 0.315. The van der Waals surface area contributed by atoms with Crippen LogP contribution in [0, 0.1) is 5.92 Å². The van der Waals surface area contributed by atoms with Gasteiger partial charge in [0.1, 0.15) is 0 Å². The van der Waals surface area contributed by atoms with Gasteiger partial charge in [0.05, 0.1) is 0 Å². The number of rotatable bonds is 4. The Balaban J connectivity index is 1.63. The minimum Gasteiger partial charge on any atom is -0.271 e. The highest BCUT2D eigenvalue weighted by atomic mass is 15.2. The van der Waals surface area contributed by atoms with Crippen LogP contribution in [0.25, 0.3) is 0 Å². The van der Waals surface area contributed by atoms with Gasteiger partial charge in [0.15, 0.2) is 0 Å². The van der Waals surface area contributed by atoms with E-state index in [0.717, 1.165) is 11.8 Å². The van der Waals surface area contributed by atoms with Crippen molar-refractivity contribution in [2.24, 2.45) is 11.8 Å². The molecule has 0 heterocycles. The molecule has 0 amide bonds. The summed E-state index contributed by atoms with van der Waals surface area (Å²) in [4.78, 5) is 0. The van der Waals surface area contributed by atoms with Crippen LogP contribution < -0.4 is 11.3 Å². The molecule has 2 heteroatoms. The van der Waals surface area contributed by atoms with E-state index in [1.807, 2.05) is 0 Å². The summed E-state index contributed by atoms with van der Waals surface area (Å²) in [6.07, 6.45) is 7.99. The van der Waals surface area contributed by atoms with Crippen LogP contribution in [0.3, 0.4) is 0 Å². The summed E-state index contributed by atoms with van der Waals surface area (Å²) >= 11 is 0. The first kappa shape index (κ1) is 11.2. The first-order valence-corrected chi connectivity index (χ1v) is 6.92. The third-order valence-electron chi connectivity index (χ3n) is 4.68. The molecule has 0 spiro atoms. The Labute approximate surface area is 104 Å². The Morgan fingerprint density at radius 3 is 2.71 bits per heavy atom. The van der Waals surface area contributed by atoms with E-state index in [1.54, 1.807) is 11.1 Å². The van der Waals surface area contributed by atoms with Crippen molar-refractivity contribution in [1.29, 1.82) is 0 Å². The van der Waals surface area contributed by atoms with E-state index < -0.39 is 0 Å². The van der Waals surface area contributed by atoms with Gasteiger partial charge in [-0.05, 0) is 48.6 Å². The molecule has 2 aliphatic rings. The van der Waals surface area contributed by atoms with Crippen molar-refractivity contribution in [3.8, 4) is 0 Å². The Bertz CT molecular complexity index is 382. The normalized spacial score (nSPS) is 25.4. The molecular formula is C15H22N2. The topological polar surface area (TPSA) is 38.0 Å². The number of hydrogen-bond donors (Lipinski definition) is 2. The van der Waals surface area contributed by atoms with Gasteiger partial charge in [-0.3, -0.25) is 11.3 Å². The van der Waals surface area contributed by atoms with Crippen molar-refractivity contribution >= 4 is 0 Å². The van der Waals surface area contributed by atoms with Crippen LogP contribution in [-0.4, -0.2) is 6.04 Å². The maximum absolute atomic E-state index is 5.75. The molecule has 0 saturated heterocycles. The van der Waals surface area contributed by atoms with Gasteiger partial charge in [0.25, 0.3) is 0 Å². The zero-order valence-electron chi connectivity index (χ0n) is 10.4. The fourth-order valence-electron chi connectivity index (χ4n) is 3.64. The minimum atomic E-state index is 0.524. The predicted octanol–water partition coefficient (Wildman–Crippen LogP) is 2.74. The van der Waals surface area contributed by atoms with Gasteiger partial charge in [-0.25, -0.2) is 0 Å². The van der Waals surface area contributed by atoms with E-state index in [1.165, 1.54) is 38.5 Å². The fraction of sp³-hybridized carbons (Fsp3) is 0.600. The van der Waals surface area contributed by atoms with Gasteiger partial charge in [-0.1, -0.05) is 37.1 Å². The van der Waals surface area contributed by atoms with Gasteiger partial charge in [-0.15, -0.1) is 0 Å². The van der Waals surface area contributed by atoms with Crippen LogP contribution >= 0.6 is 0 Å². The van der Waals surface area contributed by atoms with Crippen LogP contribution in [0.5, 0.6) is 0 Å². The molecule has 1 aromatic carbocycles. The summed E-state index contributed by atoms with van der Waals surface area (Å²) in [7, 11) is 0. The van der Waals surface area contributed by atoms with Gasteiger partial charge < -0.3 is 0 Å². The number of fused-ring (bicyclic) bond motifs is 1. The standard InChI is InChI=1S/C15H22N2/c16-17-15(11-5-1-2-6-11)10-13-9-12-7-3-4-8-14(12)13/h3-4,7-8,11,13,15,17H,1-2,5-6,9-10,16H2. The molecule has 3 N–H and O–H groups in total. The highest BCUT2D eigenvalue weighted by Gasteiger charge is 2.31. The van der Waals surface area contributed by atoms with E-state index >= 15 is 0 Å². The highest BCUT2D eigenvalue weighted by molar-refractivity contribution is 5.39. The molecule has 1 fully saturated rings. The number of nitrogens with one attached hydrogen (secondary N) is 1. The number of nitrogens with two attached hydrogens (primary N) is 1. The summed E-state index contributed by atoms with van der Waals surface area (Å²) in [6.45, 7) is 0. The monoisotopic (exact) mass is 230 g/mol. The molecular weight excluding hydrogens is 208 g/mol. The molecule has 2 unspecified atom stereocenters. The third kappa shape index (κ3) is 2.12. The van der Waals surface area contributed by atoms with Crippen LogP contribution in [0.1, 0.15) is 49.1 Å². The Morgan fingerprint density at radius 2 is 2.00 bits per heavy atom. The fourth-order valence-corrected chi connectivity index (χ4v) is 3.64. The zero-order valence-corrected chi connectivity index (χ0v) is 10.4. The van der Waals surface area contributed by atoms with Crippen molar-refractivity contribution in [2.75, 3.05) is 0 Å². The molecule has 0 radical (unpaired) electrons. The van der Waals surface area contributed by atoms with Gasteiger partial charge in [0.2, 0.25) is 0 Å². The highest BCUT2D eigenvalue weighted by Crippen LogP contribution is 2.40. The molecule has 1 saturated carbocycles. The predicted molar refractivity (Wildman–Crippen MR) is 70.6 cm³/mol. The molecule has 1 aromatic rings. The second kappa shape index (κ2) is 4.79. The number of hydrazine groups is 1. The molecule has 92 valence electrons. The van der Waals surface area contributed by atoms with E-state index in [4.69, 9.17) is 5.84 Å². The average molecular weight is 230 g/mol. The Morgan fingerprint density at radius 1 is 1.24 bits per heavy atom. The SMILES string of the molecule is NNC(CC1Cc2ccccc21)C1CCCC1. The maximum Gasteiger partial charge on any atom is 0.0244 e. The van der Waals surface area contributed by atoms with E-state index in [9.17, 15) is 0 Å². The van der Waals surface area contributed by atoms with Crippen LogP contribution in [-0.2, 0) is 6.42 Å². The number of hydrogen-bond acceptors (Lipinski definition) is 2. The summed E-state index contributed by atoms with van der Waals surface area (Å²) in [5.74, 6) is 7.31. The molecule has 0 aliphatic heterocycles. The van der Waals surface area contributed by atoms with Gasteiger partial charge in [-0.2, -0.15) is 0 Å². The minimum absolute atomic E-state index is 0.524. The molecule has 3 rings (SSSR count). The largest absolute Gasteiger partial charge is 0.271 e. The molecule has 2 atom stereocenters. The average Bonchev–Trinajstić information content (AvgIpc) is 2.84. The summed E-state index contributed by atoms with van der Waals surface area (Å²) in [6, 6.07) is 9.37. The smallest absolute Gasteiger partial charge is 0.0244 e. The van der Waals surface area contributed by atoms with Crippen molar-refractivity contribution in [3.05, 3.63) is 35.4 Å². The van der Waals surface area contributed by atoms with Crippen LogP contribution in [0.4, 0.5) is 0 Å². The maximum atomic E-state index is 5.75. The first-order chi connectivity index (χ1) is 8.38. The lowest BCUT2D eigenvalue weighted by atomic mass is 9.73. The Kier molecular flexibility index (Phi) is 3.17. The lowest BCUT2D eigenvalue weighted by Crippen LogP contribution is -2.42. The second-order valence-corrected chi connectivity index (χ2v) is 5.65. The summed E-state index contributed by atoms with van der Waals surface area (Å²) < 4.78 is 0. The van der Waals surface area contributed by atoms with Crippen LogP contribution in [0.15, 0.2) is 24.3 Å². The van der Waals surface area contributed by atoms with E-state index in [-0.39, 0.29) is 0 Å². The van der Waals surface area contributed by atoms with Crippen molar-refractivity contribution in [3.63, 3.8) is 0 Å². The van der Waals surface area contributed by atoms with Crippen molar-refractivity contribution in [2.45, 2.75) is 50.5 Å². The Hall–Kier alpha value is -0.860. The zero-order chi connectivity index (χ0) is 11.7. The van der Waals surface area contributed by atoms with Crippen molar-refractivity contribution in [1.82, 2.24) is 5.43 Å². The van der Waals surface area contributed by atoms with E-state index in [0.29, 0.717) is 6.04 Å². The molecule has 2 nitrogen and oxygen atoms in total. The first-order valence-electron chi connectivity index (χ1n) is 6.92. The van der Waals surface area contributed by atoms with Crippen molar-refractivity contribution < 1.29 is 0 Å². The third-order valence-corrected chi connectivity index (χ3v) is 4.68. The van der Waals surface area contributed by atoms with Gasteiger partial charge in [0, 0.05) is 6.04 Å². The molecule has 17 heavy (non-hydrogen) atoms. The van der Waals surface area contributed by atoms with Crippen LogP contribution in [0.2, 0.25) is 0 Å². The number of benzene rings is 1. The van der Waals surface area contributed by atoms with E-state index in [2.05, 4.69) is 29.7 Å². The molecule has 0 aromatic heterocycles. The quantitative estimate of drug-likeness (QED) is 0.616. The summed E-state index contributed by atoms with van der Waals surface area (Å²) in [5.41, 5.74) is 6.18. The second-order valence-electron chi connectivity index (χ2n) is 5.65. The molecule has 2 aliphatic carbocycles. The summed E-state index contributed by atoms with van der Waals surface area (Å²) in [5, 5.41) is 0.